The van der Waals surface area contributed by atoms with Crippen LogP contribution in [0, 0.1) is 0 Å². The number of amides is 2. The first-order chi connectivity index (χ1) is 16.3. The molecule has 2 N–H and O–H groups in total. The van der Waals surface area contributed by atoms with E-state index in [1.165, 1.54) is 31.4 Å². The van der Waals surface area contributed by atoms with Gasteiger partial charge in [-0.15, -0.1) is 0 Å². The molecule has 1 saturated carbocycles. The Hall–Kier alpha value is -2.86. The smallest absolute Gasteiger partial charge is 0.256 e. The van der Waals surface area contributed by atoms with Crippen molar-refractivity contribution in [2.45, 2.75) is 38.3 Å². The molecule has 5 nitrogen and oxygen atoms in total. The molecule has 0 saturated heterocycles. The maximum Gasteiger partial charge on any atom is 0.256 e. The second kappa shape index (κ2) is 10.6. The number of rotatable bonds is 8. The number of carbonyl (C=O) groups excluding carboxylic acids is 2. The summed E-state index contributed by atoms with van der Waals surface area (Å²) in [5, 5.41) is 14.6. The van der Waals surface area contributed by atoms with Crippen molar-refractivity contribution in [1.29, 1.82) is 0 Å². The summed E-state index contributed by atoms with van der Waals surface area (Å²) in [5.41, 5.74) is 3.55. The van der Waals surface area contributed by atoms with Crippen LogP contribution in [0.2, 0.25) is 10.0 Å². The Kier molecular flexibility index (Phi) is 7.57. The van der Waals surface area contributed by atoms with Crippen LogP contribution in [0.15, 0.2) is 66.7 Å². The van der Waals surface area contributed by atoms with Crippen LogP contribution in [-0.4, -0.2) is 28.4 Å². The molecule has 0 aromatic heterocycles. The van der Waals surface area contributed by atoms with Crippen molar-refractivity contribution in [2.24, 2.45) is 0 Å². The van der Waals surface area contributed by atoms with Gasteiger partial charge in [0.15, 0.2) is 0 Å². The third-order valence-electron chi connectivity index (χ3n) is 5.86. The van der Waals surface area contributed by atoms with Crippen molar-refractivity contribution in [2.75, 3.05) is 11.9 Å². The number of anilines is 1. The van der Waals surface area contributed by atoms with Gasteiger partial charge in [0.05, 0.1) is 23.9 Å². The third kappa shape index (κ3) is 6.17. The fourth-order valence-electron chi connectivity index (χ4n) is 3.91. The normalized spacial score (nSPS) is 13.9. The molecule has 1 aliphatic carbocycles. The summed E-state index contributed by atoms with van der Waals surface area (Å²) in [6.07, 6.45) is 1.52. The molecule has 0 radical (unpaired) electrons. The van der Waals surface area contributed by atoms with Gasteiger partial charge in [0.1, 0.15) is 0 Å². The molecule has 1 unspecified atom stereocenters. The van der Waals surface area contributed by atoms with E-state index < -0.39 is 6.10 Å². The minimum atomic E-state index is -0.921. The van der Waals surface area contributed by atoms with Gasteiger partial charge in [-0.05, 0) is 65.8 Å². The number of benzene rings is 3. The molecule has 1 aliphatic rings. The summed E-state index contributed by atoms with van der Waals surface area (Å²) in [6.45, 7) is 1.73. The van der Waals surface area contributed by atoms with Gasteiger partial charge in [0.25, 0.3) is 5.91 Å². The minimum absolute atomic E-state index is 0.0524. The lowest BCUT2D eigenvalue weighted by atomic mass is 10.0. The maximum atomic E-state index is 13.7. The number of halogens is 2. The van der Waals surface area contributed by atoms with Gasteiger partial charge in [-0.3, -0.25) is 9.59 Å². The molecular formula is C27H26Cl2N2O3. The van der Waals surface area contributed by atoms with Crippen molar-refractivity contribution >= 4 is 40.7 Å². The lowest BCUT2D eigenvalue weighted by Gasteiger charge is -2.27. The molecule has 7 heteroatoms. The van der Waals surface area contributed by atoms with Crippen LogP contribution in [0.25, 0.3) is 0 Å². The molecule has 34 heavy (non-hydrogen) atoms. The van der Waals surface area contributed by atoms with E-state index in [1.807, 2.05) is 12.1 Å². The summed E-state index contributed by atoms with van der Waals surface area (Å²) in [7, 11) is 0. The molecule has 2 amide bonds. The largest absolute Gasteiger partial charge is 0.387 e. The van der Waals surface area contributed by atoms with Crippen molar-refractivity contribution in [1.82, 2.24) is 4.90 Å². The monoisotopic (exact) mass is 496 g/mol. The van der Waals surface area contributed by atoms with Crippen molar-refractivity contribution < 1.29 is 14.7 Å². The number of aliphatic hydroxyl groups excluding tert-OH is 1. The van der Waals surface area contributed by atoms with Crippen LogP contribution in [0.3, 0.4) is 0 Å². The highest BCUT2D eigenvalue weighted by Gasteiger charge is 2.25. The van der Waals surface area contributed by atoms with E-state index in [1.54, 1.807) is 41.3 Å². The molecule has 1 fully saturated rings. The lowest BCUT2D eigenvalue weighted by molar-refractivity contribution is -0.114. The van der Waals surface area contributed by atoms with Gasteiger partial charge in [-0.1, -0.05) is 59.6 Å². The summed E-state index contributed by atoms with van der Waals surface area (Å²) < 4.78 is 0. The Morgan fingerprint density at radius 1 is 1.00 bits per heavy atom. The molecule has 176 valence electrons. The number of hydrogen-bond acceptors (Lipinski definition) is 3. The molecule has 3 aromatic carbocycles. The van der Waals surface area contributed by atoms with Crippen molar-refractivity contribution in [3.05, 3.63) is 99.0 Å². The van der Waals surface area contributed by atoms with Gasteiger partial charge >= 0.3 is 0 Å². The molecular weight excluding hydrogens is 471 g/mol. The summed E-state index contributed by atoms with van der Waals surface area (Å²) in [6, 6.07) is 19.9. The predicted molar refractivity (Wildman–Crippen MR) is 135 cm³/mol. The predicted octanol–water partition coefficient (Wildman–Crippen LogP) is 6.21. The zero-order chi connectivity index (χ0) is 24.2. The number of carbonyl (C=O) groups is 2. The Labute approximate surface area is 209 Å². The highest BCUT2D eigenvalue weighted by Crippen LogP contribution is 2.40. The topological polar surface area (TPSA) is 69.6 Å². The van der Waals surface area contributed by atoms with E-state index in [-0.39, 0.29) is 23.9 Å². The standard InChI is InChI=1S/C27H26Cl2N2O3/c1-17(32)30-25-13-12-23(29)14-24(25)27(34)31(16-26(33)21-8-10-22(28)11-9-21)15-18-2-4-19(5-3-18)20-6-7-20/h2-5,8-14,20,26,33H,6-7,15-16H2,1H3,(H,30,32). The molecule has 0 heterocycles. The molecule has 0 spiro atoms. The fourth-order valence-corrected chi connectivity index (χ4v) is 4.21. The highest BCUT2D eigenvalue weighted by atomic mass is 35.5. The van der Waals surface area contributed by atoms with Crippen molar-refractivity contribution in [3.8, 4) is 0 Å². The molecule has 3 aromatic rings. The van der Waals surface area contributed by atoms with E-state index >= 15 is 0 Å². The van der Waals surface area contributed by atoms with Gasteiger partial charge in [-0.25, -0.2) is 0 Å². The maximum absolute atomic E-state index is 13.7. The number of nitrogens with one attached hydrogen (secondary N) is 1. The van der Waals surface area contributed by atoms with Crippen LogP contribution in [-0.2, 0) is 11.3 Å². The minimum Gasteiger partial charge on any atom is -0.387 e. The second-order valence-corrected chi connectivity index (χ2v) is 9.51. The Balaban J connectivity index is 1.63. The summed E-state index contributed by atoms with van der Waals surface area (Å²) >= 11 is 12.2. The van der Waals surface area contributed by atoms with E-state index in [2.05, 4.69) is 17.4 Å². The van der Waals surface area contributed by atoms with Gasteiger partial charge in [0.2, 0.25) is 5.91 Å². The first kappa shape index (κ1) is 24.3. The van der Waals surface area contributed by atoms with E-state index in [0.29, 0.717) is 33.8 Å². The molecule has 0 bridgehead atoms. The zero-order valence-electron chi connectivity index (χ0n) is 18.8. The van der Waals surface area contributed by atoms with E-state index in [0.717, 1.165) is 5.56 Å². The molecule has 1 atom stereocenters. The second-order valence-electron chi connectivity index (χ2n) is 8.64. The highest BCUT2D eigenvalue weighted by molar-refractivity contribution is 6.31. The Bertz CT molecular complexity index is 1180. The number of nitrogens with zero attached hydrogens (tertiary/aromatic N) is 1. The van der Waals surface area contributed by atoms with Crippen molar-refractivity contribution in [3.63, 3.8) is 0 Å². The van der Waals surface area contributed by atoms with Crippen LogP contribution in [0.5, 0.6) is 0 Å². The molecule has 0 aliphatic heterocycles. The Morgan fingerprint density at radius 2 is 1.65 bits per heavy atom. The van der Waals surface area contributed by atoms with Crippen LogP contribution < -0.4 is 5.32 Å². The average Bonchev–Trinajstić information content (AvgIpc) is 3.65. The quantitative estimate of drug-likeness (QED) is 0.389. The van der Waals surface area contributed by atoms with E-state index in [4.69, 9.17) is 23.2 Å². The first-order valence-electron chi connectivity index (χ1n) is 11.2. The SMILES string of the molecule is CC(=O)Nc1ccc(Cl)cc1C(=O)N(Cc1ccc(C2CC2)cc1)CC(O)c1ccc(Cl)cc1. The number of hydrogen-bond donors (Lipinski definition) is 2. The van der Waals surface area contributed by atoms with Crippen LogP contribution >= 0.6 is 23.2 Å². The third-order valence-corrected chi connectivity index (χ3v) is 6.35. The van der Waals surface area contributed by atoms with Gasteiger partial charge < -0.3 is 15.3 Å². The fraction of sp³-hybridized carbons (Fsp3) is 0.259. The summed E-state index contributed by atoms with van der Waals surface area (Å²) in [4.78, 5) is 27.0. The van der Waals surface area contributed by atoms with E-state index in [9.17, 15) is 14.7 Å². The average molecular weight is 497 g/mol. The van der Waals surface area contributed by atoms with Crippen LogP contribution in [0.4, 0.5) is 5.69 Å². The first-order valence-corrected chi connectivity index (χ1v) is 11.9. The van der Waals surface area contributed by atoms with Gasteiger partial charge in [0, 0.05) is 23.5 Å². The summed E-state index contributed by atoms with van der Waals surface area (Å²) in [5.74, 6) is 0.00973. The Morgan fingerprint density at radius 3 is 2.26 bits per heavy atom. The number of aliphatic hydroxyl groups is 1. The van der Waals surface area contributed by atoms with Crippen LogP contribution in [0.1, 0.15) is 58.8 Å². The molecule has 4 rings (SSSR count). The lowest BCUT2D eigenvalue weighted by Crippen LogP contribution is -2.35. The zero-order valence-corrected chi connectivity index (χ0v) is 20.3. The van der Waals surface area contributed by atoms with Gasteiger partial charge in [-0.2, -0.15) is 0 Å².